The van der Waals surface area contributed by atoms with E-state index >= 15 is 0 Å². The number of fused-ring (bicyclic) bond motifs is 1. The number of aromatic nitrogens is 5. The number of H-pyrrole nitrogens is 1. The van der Waals surface area contributed by atoms with E-state index in [-0.39, 0.29) is 51.1 Å². The number of alkyl halides is 3. The number of ether oxygens (including phenoxy) is 1. The predicted octanol–water partition coefficient (Wildman–Crippen LogP) is 5.90. The Morgan fingerprint density at radius 1 is 1.13 bits per heavy atom. The van der Waals surface area contributed by atoms with Gasteiger partial charge in [-0.3, -0.25) is 20.1 Å². The fourth-order valence-electron chi connectivity index (χ4n) is 6.20. The number of methoxy groups -OCH3 is 1. The van der Waals surface area contributed by atoms with Crippen molar-refractivity contribution in [2.45, 2.75) is 50.6 Å². The summed E-state index contributed by atoms with van der Waals surface area (Å²) in [6.07, 6.45) is 3.40. The van der Waals surface area contributed by atoms with Crippen LogP contribution >= 0.6 is 0 Å². The average Bonchev–Trinajstić information content (AvgIpc) is 3.62. The molecule has 0 radical (unpaired) electrons. The quantitative estimate of drug-likeness (QED) is 0.196. The fraction of sp³-hybridized carbons (Fsp3) is 0.419. The summed E-state index contributed by atoms with van der Waals surface area (Å²) in [4.78, 5) is 46.3. The Hall–Kier alpha value is -4.59. The minimum Gasteiger partial charge on any atom is -0.478 e. The second-order valence-corrected chi connectivity index (χ2v) is 11.9. The number of nitrogens with zero attached hydrogens (tertiary/aromatic N) is 5. The fourth-order valence-corrected chi connectivity index (χ4v) is 6.20. The Balaban J connectivity index is 1.40. The van der Waals surface area contributed by atoms with E-state index in [1.54, 1.807) is 13.2 Å². The summed E-state index contributed by atoms with van der Waals surface area (Å²) in [5.74, 6) is -1.96. The molecule has 2 fully saturated rings. The molecule has 1 amide bonds. The minimum atomic E-state index is -4.57. The summed E-state index contributed by atoms with van der Waals surface area (Å²) in [7, 11) is 3.57. The first-order valence-corrected chi connectivity index (χ1v) is 14.7. The molecule has 6 rings (SSSR count). The van der Waals surface area contributed by atoms with Gasteiger partial charge >= 0.3 is 12.1 Å². The van der Waals surface area contributed by atoms with Crippen LogP contribution in [0.2, 0.25) is 0 Å². The Labute approximate surface area is 256 Å². The highest BCUT2D eigenvalue weighted by Gasteiger charge is 2.40. The summed E-state index contributed by atoms with van der Waals surface area (Å²) in [5.41, 5.74) is 0.857. The molecule has 4 aromatic heterocycles. The predicted molar refractivity (Wildman–Crippen MR) is 159 cm³/mol. The van der Waals surface area contributed by atoms with Gasteiger partial charge in [0, 0.05) is 50.0 Å². The molecule has 0 aliphatic heterocycles. The number of carbonyl (C=O) groups is 2. The van der Waals surface area contributed by atoms with Gasteiger partial charge in [-0.1, -0.05) is 12.8 Å². The average molecular weight is 624 g/mol. The van der Waals surface area contributed by atoms with E-state index in [0.717, 1.165) is 37.9 Å². The van der Waals surface area contributed by atoms with Crippen molar-refractivity contribution >= 4 is 34.7 Å². The van der Waals surface area contributed by atoms with Crippen molar-refractivity contribution in [3.8, 4) is 11.3 Å². The summed E-state index contributed by atoms with van der Waals surface area (Å²) < 4.78 is 47.8. The number of carboxylic acids is 1. The van der Waals surface area contributed by atoms with Gasteiger partial charge in [0.05, 0.1) is 34.8 Å². The number of imidazole rings is 1. The van der Waals surface area contributed by atoms with Crippen LogP contribution in [0.3, 0.4) is 0 Å². The molecule has 0 spiro atoms. The number of aromatic carboxylic acids is 1. The number of carboxylic acid groups (broad SMARTS) is 1. The standard InChI is InChI=1S/C31H32F3N7O4/c1-41(15-30(16-45-2)9-3-4-10-30)23-12-22(19-11-20(31(32,33)34)24(36-14-19)17-5-6-17)37-26-25(23)38-29(39-26)40-27(42)21-8-7-18(13-35-21)28(43)44/h7-8,11-14,17H,3-6,9-10,15-16H2,1-2H3,(H,43,44)(H2,37,38,39,40,42). The molecule has 0 aromatic carbocycles. The maximum absolute atomic E-state index is 14.1. The number of carbonyl (C=O) groups excluding carboxylic acids is 1. The molecule has 0 saturated heterocycles. The molecule has 236 valence electrons. The van der Waals surface area contributed by atoms with Crippen LogP contribution in [0.25, 0.3) is 22.4 Å². The first-order chi connectivity index (χ1) is 21.5. The Morgan fingerprint density at radius 3 is 2.51 bits per heavy atom. The second kappa shape index (κ2) is 11.7. The van der Waals surface area contributed by atoms with Crippen LogP contribution in [0.1, 0.15) is 76.5 Å². The van der Waals surface area contributed by atoms with Crippen molar-refractivity contribution in [3.05, 3.63) is 59.2 Å². The van der Waals surface area contributed by atoms with Crippen molar-refractivity contribution in [2.75, 3.05) is 37.5 Å². The van der Waals surface area contributed by atoms with Gasteiger partial charge in [0.2, 0.25) is 5.95 Å². The molecule has 2 aliphatic rings. The van der Waals surface area contributed by atoms with Gasteiger partial charge in [-0.05, 0) is 49.9 Å². The molecule has 2 saturated carbocycles. The van der Waals surface area contributed by atoms with E-state index in [2.05, 4.69) is 30.2 Å². The number of aromatic amines is 1. The summed E-state index contributed by atoms with van der Waals surface area (Å²) in [5, 5.41) is 11.7. The SMILES string of the molecule is COCC1(CN(C)c2cc(-c3cnc(C4CC4)c(C(F)(F)F)c3)nc3nc(NC(=O)c4ccc(C(=O)O)cn4)[nH]c23)CCCC1. The number of hydrogen-bond acceptors (Lipinski definition) is 8. The van der Waals surface area contributed by atoms with Gasteiger partial charge in [-0.15, -0.1) is 0 Å². The summed E-state index contributed by atoms with van der Waals surface area (Å²) in [6.45, 7) is 1.19. The molecule has 2 aliphatic carbocycles. The first kappa shape index (κ1) is 30.4. The number of pyridine rings is 3. The van der Waals surface area contributed by atoms with Gasteiger partial charge in [0.1, 0.15) is 11.2 Å². The Bertz CT molecular complexity index is 1750. The van der Waals surface area contributed by atoms with Crippen LogP contribution in [-0.2, 0) is 10.9 Å². The van der Waals surface area contributed by atoms with Crippen molar-refractivity contribution in [1.82, 2.24) is 24.9 Å². The maximum atomic E-state index is 14.1. The molecule has 45 heavy (non-hydrogen) atoms. The van der Waals surface area contributed by atoms with E-state index in [0.29, 0.717) is 37.2 Å². The van der Waals surface area contributed by atoms with E-state index in [4.69, 9.17) is 9.84 Å². The molecule has 0 unspecified atom stereocenters. The largest absolute Gasteiger partial charge is 0.478 e. The third-order valence-electron chi connectivity index (χ3n) is 8.50. The second-order valence-electron chi connectivity index (χ2n) is 11.9. The number of anilines is 2. The molecule has 11 nitrogen and oxygen atoms in total. The molecule has 4 heterocycles. The van der Waals surface area contributed by atoms with Gasteiger partial charge < -0.3 is 19.7 Å². The molecular formula is C31H32F3N7O4. The monoisotopic (exact) mass is 623 g/mol. The molecular weight excluding hydrogens is 591 g/mol. The number of halogens is 3. The number of rotatable bonds is 10. The lowest BCUT2D eigenvalue weighted by molar-refractivity contribution is -0.138. The zero-order valence-electron chi connectivity index (χ0n) is 24.7. The molecule has 14 heteroatoms. The lowest BCUT2D eigenvalue weighted by atomic mass is 9.86. The zero-order chi connectivity index (χ0) is 31.9. The smallest absolute Gasteiger partial charge is 0.418 e. The van der Waals surface area contributed by atoms with E-state index in [1.807, 2.05) is 11.9 Å². The van der Waals surface area contributed by atoms with Gasteiger partial charge in [-0.25, -0.2) is 9.78 Å². The minimum absolute atomic E-state index is 0.0318. The zero-order valence-corrected chi connectivity index (χ0v) is 24.7. The van der Waals surface area contributed by atoms with Crippen molar-refractivity contribution in [1.29, 1.82) is 0 Å². The number of nitrogens with one attached hydrogen (secondary N) is 2. The third-order valence-corrected chi connectivity index (χ3v) is 8.50. The molecule has 0 atom stereocenters. The van der Waals surface area contributed by atoms with E-state index < -0.39 is 23.6 Å². The third kappa shape index (κ3) is 6.32. The van der Waals surface area contributed by atoms with Crippen LogP contribution in [0.5, 0.6) is 0 Å². The summed E-state index contributed by atoms with van der Waals surface area (Å²) >= 11 is 0. The highest BCUT2D eigenvalue weighted by molar-refractivity contribution is 6.03. The van der Waals surface area contributed by atoms with Crippen molar-refractivity contribution in [3.63, 3.8) is 0 Å². The van der Waals surface area contributed by atoms with E-state index in [9.17, 15) is 22.8 Å². The lowest BCUT2D eigenvalue weighted by Gasteiger charge is -2.34. The van der Waals surface area contributed by atoms with Crippen molar-refractivity contribution < 1.29 is 32.6 Å². The lowest BCUT2D eigenvalue weighted by Crippen LogP contribution is -2.37. The van der Waals surface area contributed by atoms with Crippen LogP contribution in [0, 0.1) is 5.41 Å². The van der Waals surface area contributed by atoms with Gasteiger partial charge in [-0.2, -0.15) is 18.2 Å². The van der Waals surface area contributed by atoms with Crippen LogP contribution < -0.4 is 10.2 Å². The topological polar surface area (TPSA) is 146 Å². The van der Waals surface area contributed by atoms with Crippen LogP contribution in [0.15, 0.2) is 36.7 Å². The Kier molecular flexibility index (Phi) is 7.93. The molecule has 4 aromatic rings. The van der Waals surface area contributed by atoms with Gasteiger partial charge in [0.25, 0.3) is 5.91 Å². The number of hydrogen-bond donors (Lipinski definition) is 3. The maximum Gasteiger partial charge on any atom is 0.418 e. The highest BCUT2D eigenvalue weighted by Crippen LogP contribution is 2.46. The van der Waals surface area contributed by atoms with Crippen LogP contribution in [0.4, 0.5) is 24.8 Å². The normalized spacial score (nSPS) is 16.2. The first-order valence-electron chi connectivity index (χ1n) is 14.7. The number of amides is 1. The van der Waals surface area contributed by atoms with Crippen molar-refractivity contribution in [2.24, 2.45) is 5.41 Å². The molecule has 3 N–H and O–H groups in total. The summed E-state index contributed by atoms with van der Waals surface area (Å²) in [6, 6.07) is 5.36. The molecule has 0 bridgehead atoms. The Morgan fingerprint density at radius 2 is 1.89 bits per heavy atom. The van der Waals surface area contributed by atoms with E-state index in [1.165, 1.54) is 18.3 Å². The van der Waals surface area contributed by atoms with Gasteiger partial charge in [0.15, 0.2) is 5.65 Å². The van der Waals surface area contributed by atoms with Crippen LogP contribution in [-0.4, -0.2) is 69.2 Å². The highest BCUT2D eigenvalue weighted by atomic mass is 19.4.